The van der Waals surface area contributed by atoms with Gasteiger partial charge in [0.05, 0.1) is 25.2 Å². The maximum absolute atomic E-state index is 13.3. The van der Waals surface area contributed by atoms with E-state index >= 15 is 0 Å². The van der Waals surface area contributed by atoms with Gasteiger partial charge in [0.15, 0.2) is 0 Å². The average Bonchev–Trinajstić information content (AvgIpc) is 3.31. The van der Waals surface area contributed by atoms with Gasteiger partial charge in [0.2, 0.25) is 5.91 Å². The van der Waals surface area contributed by atoms with Crippen LogP contribution in [0.4, 0.5) is 0 Å². The van der Waals surface area contributed by atoms with Crippen LogP contribution in [0.25, 0.3) is 0 Å². The van der Waals surface area contributed by atoms with E-state index in [4.69, 9.17) is 4.74 Å². The van der Waals surface area contributed by atoms with Crippen LogP contribution in [0, 0.1) is 0 Å². The summed E-state index contributed by atoms with van der Waals surface area (Å²) in [6.45, 7) is 6.51. The topological polar surface area (TPSA) is 95.9 Å². The highest BCUT2D eigenvalue weighted by Crippen LogP contribution is 2.18. The lowest BCUT2D eigenvalue weighted by Gasteiger charge is -2.24. The molecule has 0 bridgehead atoms. The summed E-state index contributed by atoms with van der Waals surface area (Å²) in [5.41, 5.74) is 0. The van der Waals surface area contributed by atoms with Crippen molar-refractivity contribution in [2.75, 3.05) is 6.61 Å². The fourth-order valence-corrected chi connectivity index (χ4v) is 9.25. The van der Waals surface area contributed by atoms with Crippen molar-refractivity contribution in [1.29, 1.82) is 0 Å². The van der Waals surface area contributed by atoms with Gasteiger partial charge in [0, 0.05) is 6.42 Å². The Balaban J connectivity index is 4.54. The molecule has 0 fully saturated rings. The first kappa shape index (κ1) is 64.3. The lowest BCUT2D eigenvalue weighted by atomic mass is 10.0. The van der Waals surface area contributed by atoms with Crippen molar-refractivity contribution in [2.24, 2.45) is 0 Å². The molecule has 66 heavy (non-hydrogen) atoms. The molecule has 3 N–H and O–H groups in total. The van der Waals surface area contributed by atoms with Gasteiger partial charge < -0.3 is 20.3 Å². The van der Waals surface area contributed by atoms with E-state index in [2.05, 4.69) is 50.4 Å². The van der Waals surface area contributed by atoms with E-state index < -0.39 is 18.2 Å². The molecule has 3 atom stereocenters. The molecule has 0 aliphatic carbocycles. The molecule has 6 nitrogen and oxygen atoms in total. The summed E-state index contributed by atoms with van der Waals surface area (Å²) in [7, 11) is 0. The zero-order valence-electron chi connectivity index (χ0n) is 44.6. The van der Waals surface area contributed by atoms with E-state index in [9.17, 15) is 19.8 Å². The first-order valence-electron chi connectivity index (χ1n) is 29.6. The quantitative estimate of drug-likeness (QED) is 0.0321. The number of hydrogen-bond acceptors (Lipinski definition) is 5. The van der Waals surface area contributed by atoms with Crippen LogP contribution < -0.4 is 5.32 Å². The minimum absolute atomic E-state index is 0.0701. The number of nitrogens with one attached hydrogen (secondary N) is 1. The summed E-state index contributed by atoms with van der Waals surface area (Å²) in [5, 5.41) is 23.9. The second-order valence-corrected chi connectivity index (χ2v) is 20.4. The summed E-state index contributed by atoms with van der Waals surface area (Å²) in [5.74, 6) is -0.476. The molecule has 0 saturated heterocycles. The van der Waals surface area contributed by atoms with Crippen molar-refractivity contribution in [1.82, 2.24) is 5.32 Å². The lowest BCUT2D eigenvalue weighted by Crippen LogP contribution is -2.46. The molecule has 0 aromatic heterocycles. The molecule has 0 heterocycles. The van der Waals surface area contributed by atoms with Crippen LogP contribution in [-0.4, -0.2) is 46.9 Å². The van der Waals surface area contributed by atoms with Crippen molar-refractivity contribution < 1.29 is 24.5 Å². The Morgan fingerprint density at radius 2 is 0.727 bits per heavy atom. The van der Waals surface area contributed by atoms with E-state index in [-0.39, 0.29) is 24.9 Å². The summed E-state index contributed by atoms with van der Waals surface area (Å²) < 4.78 is 5.96. The minimum atomic E-state index is -0.790. The largest absolute Gasteiger partial charge is 0.462 e. The van der Waals surface area contributed by atoms with E-state index in [0.29, 0.717) is 19.3 Å². The highest BCUT2D eigenvalue weighted by Gasteiger charge is 2.24. The molecule has 390 valence electrons. The summed E-state index contributed by atoms with van der Waals surface area (Å²) in [4.78, 5) is 26.3. The highest BCUT2D eigenvalue weighted by molar-refractivity contribution is 5.77. The van der Waals surface area contributed by atoms with Gasteiger partial charge in [-0.15, -0.1) is 0 Å². The Labute approximate surface area is 411 Å². The number of hydrogen-bond donors (Lipinski definition) is 3. The molecule has 0 rings (SSSR count). The SMILES string of the molecule is CCCCCC/C=C\CCCCCCCCCC(=O)OC(CCCCC/C=C/CCCCCCCCCCC)CC(=O)NC(CO)C(O)CCCCCCCCCCCCCCCCCC. The Bertz CT molecular complexity index is 1040. The van der Waals surface area contributed by atoms with E-state index in [1.807, 2.05) is 0 Å². The number of amides is 1. The Kier molecular flexibility index (Phi) is 52.9. The molecular weight excluding hydrogens is 815 g/mol. The van der Waals surface area contributed by atoms with Gasteiger partial charge in [-0.2, -0.15) is 0 Å². The molecule has 0 aliphatic rings. The molecule has 0 aliphatic heterocycles. The van der Waals surface area contributed by atoms with Gasteiger partial charge in [0.1, 0.15) is 6.10 Å². The van der Waals surface area contributed by atoms with Gasteiger partial charge in [-0.3, -0.25) is 9.59 Å². The molecule has 3 unspecified atom stereocenters. The fourth-order valence-electron chi connectivity index (χ4n) is 9.25. The van der Waals surface area contributed by atoms with Crippen molar-refractivity contribution in [3.63, 3.8) is 0 Å². The number of carbonyl (C=O) groups is 2. The van der Waals surface area contributed by atoms with Gasteiger partial charge in [-0.1, -0.05) is 257 Å². The van der Waals surface area contributed by atoms with Gasteiger partial charge in [0.25, 0.3) is 0 Å². The molecule has 6 heteroatoms. The van der Waals surface area contributed by atoms with Crippen LogP contribution in [0.5, 0.6) is 0 Å². The number of carbonyl (C=O) groups excluding carboxylic acids is 2. The van der Waals surface area contributed by atoms with Gasteiger partial charge in [-0.05, 0) is 77.0 Å². The van der Waals surface area contributed by atoms with Crippen LogP contribution in [0.2, 0.25) is 0 Å². The summed E-state index contributed by atoms with van der Waals surface area (Å²) in [6, 6.07) is -0.704. The minimum Gasteiger partial charge on any atom is -0.462 e. The molecule has 0 spiro atoms. The van der Waals surface area contributed by atoms with Crippen LogP contribution >= 0.6 is 0 Å². The summed E-state index contributed by atoms with van der Waals surface area (Å²) in [6.07, 6.45) is 63.9. The second-order valence-electron chi connectivity index (χ2n) is 20.4. The highest BCUT2D eigenvalue weighted by atomic mass is 16.5. The van der Waals surface area contributed by atoms with Gasteiger partial charge in [-0.25, -0.2) is 0 Å². The molecule has 0 aromatic carbocycles. The Morgan fingerprint density at radius 3 is 1.11 bits per heavy atom. The number of allylic oxidation sites excluding steroid dienone is 4. The van der Waals surface area contributed by atoms with E-state index in [0.717, 1.165) is 57.8 Å². The second kappa shape index (κ2) is 54.3. The normalized spacial score (nSPS) is 13.2. The monoisotopic (exact) mass is 930 g/mol. The molecule has 0 radical (unpaired) electrons. The first-order valence-corrected chi connectivity index (χ1v) is 29.6. The third kappa shape index (κ3) is 48.8. The van der Waals surface area contributed by atoms with Crippen molar-refractivity contribution >= 4 is 11.9 Å². The molecule has 1 amide bonds. The standard InChI is InChI=1S/C60H115NO5/c1-4-7-10-13-16-19-22-25-28-31-33-36-39-42-45-48-51-56(66-60(65)53-50-47-44-41-38-35-30-27-24-21-18-15-12-9-6-3)54-59(64)61-57(55-62)58(63)52-49-46-43-40-37-34-32-29-26-23-20-17-14-11-8-5-2/h21,24,33,36,56-58,62-63H,4-20,22-23,25-32,34-35,37-55H2,1-3H3,(H,61,64)/b24-21-,36-33+. The van der Waals surface area contributed by atoms with Gasteiger partial charge >= 0.3 is 5.97 Å². The predicted molar refractivity (Wildman–Crippen MR) is 287 cm³/mol. The van der Waals surface area contributed by atoms with Crippen LogP contribution in [0.1, 0.15) is 323 Å². The number of ether oxygens (including phenoxy) is 1. The molecule has 0 saturated carbocycles. The van der Waals surface area contributed by atoms with Crippen LogP contribution in [0.15, 0.2) is 24.3 Å². The number of unbranched alkanes of at least 4 members (excludes halogenated alkanes) is 38. The molecule has 0 aromatic rings. The van der Waals surface area contributed by atoms with Crippen LogP contribution in [0.3, 0.4) is 0 Å². The number of esters is 1. The summed E-state index contributed by atoms with van der Waals surface area (Å²) >= 11 is 0. The zero-order chi connectivity index (χ0) is 48.1. The smallest absolute Gasteiger partial charge is 0.306 e. The number of rotatable bonds is 54. The number of aliphatic hydroxyl groups is 2. The number of aliphatic hydroxyl groups excluding tert-OH is 2. The van der Waals surface area contributed by atoms with Crippen molar-refractivity contribution in [2.45, 2.75) is 341 Å². The van der Waals surface area contributed by atoms with Crippen molar-refractivity contribution in [3.05, 3.63) is 24.3 Å². The van der Waals surface area contributed by atoms with E-state index in [1.165, 1.54) is 218 Å². The Hall–Kier alpha value is -1.66. The lowest BCUT2D eigenvalue weighted by molar-refractivity contribution is -0.151. The molecular formula is C60H115NO5. The zero-order valence-corrected chi connectivity index (χ0v) is 44.6. The Morgan fingerprint density at radius 1 is 0.424 bits per heavy atom. The van der Waals surface area contributed by atoms with Crippen LogP contribution in [-0.2, 0) is 14.3 Å². The van der Waals surface area contributed by atoms with E-state index in [1.54, 1.807) is 0 Å². The fraction of sp³-hybridized carbons (Fsp3) is 0.900. The third-order valence-electron chi connectivity index (χ3n) is 13.8. The maximum atomic E-state index is 13.3. The predicted octanol–water partition coefficient (Wildman–Crippen LogP) is 18.2. The third-order valence-corrected chi connectivity index (χ3v) is 13.8. The average molecular weight is 931 g/mol. The first-order chi connectivity index (χ1) is 32.5. The maximum Gasteiger partial charge on any atom is 0.306 e. The van der Waals surface area contributed by atoms with Crippen molar-refractivity contribution in [3.8, 4) is 0 Å².